The van der Waals surface area contributed by atoms with E-state index in [1.54, 1.807) is 0 Å². The van der Waals surface area contributed by atoms with Gasteiger partial charge in [-0.2, -0.15) is 0 Å². The summed E-state index contributed by atoms with van der Waals surface area (Å²) in [7, 11) is 1.39. The summed E-state index contributed by atoms with van der Waals surface area (Å²) >= 11 is 0. The molecule has 1 rings (SSSR count). The molecule has 1 amide bonds. The lowest BCUT2D eigenvalue weighted by Crippen LogP contribution is -2.57. The Morgan fingerprint density at radius 3 is 2.75 bits per heavy atom. The molecule has 0 aromatic rings. The van der Waals surface area contributed by atoms with Gasteiger partial charge in [0.25, 0.3) is 6.43 Å². The van der Waals surface area contributed by atoms with Gasteiger partial charge >= 0.3 is 0 Å². The minimum Gasteiger partial charge on any atom is -0.338 e. The molecular weight excluding hydrogens is 214 g/mol. The summed E-state index contributed by atoms with van der Waals surface area (Å²) in [5, 5.41) is 0. The van der Waals surface area contributed by atoms with Crippen molar-refractivity contribution in [2.24, 2.45) is 11.7 Å². The highest BCUT2D eigenvalue weighted by Gasteiger charge is 2.39. The lowest BCUT2D eigenvalue weighted by molar-refractivity contribution is -0.139. The average Bonchev–Trinajstić information content (AvgIpc) is 2.15. The van der Waals surface area contributed by atoms with Crippen molar-refractivity contribution in [1.29, 1.82) is 0 Å². The molecule has 0 aromatic heterocycles. The van der Waals surface area contributed by atoms with Crippen molar-refractivity contribution in [3.8, 4) is 0 Å². The zero-order valence-electron chi connectivity index (χ0n) is 9.88. The summed E-state index contributed by atoms with van der Waals surface area (Å²) in [4.78, 5) is 13.0. The predicted octanol–water partition coefficient (Wildman–Crippen LogP) is 1.62. The van der Waals surface area contributed by atoms with Gasteiger partial charge in [-0.1, -0.05) is 19.8 Å². The third kappa shape index (κ3) is 3.14. The molecule has 0 radical (unpaired) electrons. The van der Waals surface area contributed by atoms with E-state index in [9.17, 15) is 13.6 Å². The van der Waals surface area contributed by atoms with Crippen molar-refractivity contribution in [3.05, 3.63) is 0 Å². The molecular formula is C11H20F2N2O. The first kappa shape index (κ1) is 13.4. The van der Waals surface area contributed by atoms with E-state index in [4.69, 9.17) is 5.73 Å². The highest BCUT2D eigenvalue weighted by Crippen LogP contribution is 2.31. The maximum Gasteiger partial charge on any atom is 0.255 e. The number of nitrogens with two attached hydrogens (primary N) is 1. The van der Waals surface area contributed by atoms with Crippen LogP contribution in [0.25, 0.3) is 0 Å². The number of carbonyl (C=O) groups is 1. The minimum absolute atomic E-state index is 0.348. The van der Waals surface area contributed by atoms with E-state index < -0.39 is 18.5 Å². The smallest absolute Gasteiger partial charge is 0.255 e. The predicted molar refractivity (Wildman–Crippen MR) is 58.2 cm³/mol. The molecule has 5 heteroatoms. The fourth-order valence-corrected chi connectivity index (χ4v) is 2.46. The molecule has 2 N–H and O–H groups in total. The molecule has 2 atom stereocenters. The van der Waals surface area contributed by atoms with E-state index in [0.29, 0.717) is 18.8 Å². The van der Waals surface area contributed by atoms with Gasteiger partial charge in [-0.15, -0.1) is 0 Å². The SMILES string of the molecule is CC1CCCC(N)(C(=O)N(C)CC(F)F)C1. The lowest BCUT2D eigenvalue weighted by Gasteiger charge is -2.37. The standard InChI is InChI=1S/C11H20F2N2O/c1-8-4-3-5-11(14,6-8)10(16)15(2)7-9(12)13/h8-9H,3-7,14H2,1-2H3. The van der Waals surface area contributed by atoms with E-state index in [-0.39, 0.29) is 5.91 Å². The zero-order chi connectivity index (χ0) is 12.3. The summed E-state index contributed by atoms with van der Waals surface area (Å²) in [5.41, 5.74) is 5.10. The number of nitrogens with zero attached hydrogens (tertiary/aromatic N) is 1. The number of hydrogen-bond acceptors (Lipinski definition) is 2. The minimum atomic E-state index is -2.50. The van der Waals surface area contributed by atoms with E-state index in [0.717, 1.165) is 17.7 Å². The van der Waals surface area contributed by atoms with E-state index in [1.807, 2.05) is 6.92 Å². The fraction of sp³-hybridized carbons (Fsp3) is 0.909. The van der Waals surface area contributed by atoms with E-state index in [1.165, 1.54) is 7.05 Å². The Morgan fingerprint density at radius 1 is 1.62 bits per heavy atom. The third-order valence-electron chi connectivity index (χ3n) is 3.22. The fourth-order valence-electron chi connectivity index (χ4n) is 2.46. The molecule has 0 aliphatic heterocycles. The topological polar surface area (TPSA) is 46.3 Å². The van der Waals surface area contributed by atoms with Gasteiger partial charge in [-0.25, -0.2) is 8.78 Å². The van der Waals surface area contributed by atoms with Crippen LogP contribution in [0.15, 0.2) is 0 Å². The molecule has 0 heterocycles. The van der Waals surface area contributed by atoms with Crippen LogP contribution in [0, 0.1) is 5.92 Å². The van der Waals surface area contributed by atoms with Gasteiger partial charge in [0.15, 0.2) is 0 Å². The average molecular weight is 234 g/mol. The van der Waals surface area contributed by atoms with Gasteiger partial charge in [0.05, 0.1) is 12.1 Å². The van der Waals surface area contributed by atoms with Crippen LogP contribution in [0.1, 0.15) is 32.6 Å². The van der Waals surface area contributed by atoms with Crippen LogP contribution in [0.4, 0.5) is 8.78 Å². The quantitative estimate of drug-likeness (QED) is 0.806. The van der Waals surface area contributed by atoms with Crippen LogP contribution in [0.2, 0.25) is 0 Å². The van der Waals surface area contributed by atoms with Crippen LogP contribution in [0.3, 0.4) is 0 Å². The molecule has 0 saturated heterocycles. The molecule has 94 valence electrons. The number of alkyl halides is 2. The second kappa shape index (κ2) is 5.08. The van der Waals surface area contributed by atoms with Crippen LogP contribution < -0.4 is 5.73 Å². The molecule has 0 bridgehead atoms. The molecule has 3 nitrogen and oxygen atoms in total. The van der Waals surface area contributed by atoms with Crippen LogP contribution >= 0.6 is 0 Å². The summed E-state index contributed by atoms with van der Waals surface area (Å²) in [5.74, 6) is 0.0435. The van der Waals surface area contributed by atoms with Crippen molar-refractivity contribution >= 4 is 5.91 Å². The third-order valence-corrected chi connectivity index (χ3v) is 3.22. The van der Waals surface area contributed by atoms with Crippen molar-refractivity contribution in [3.63, 3.8) is 0 Å². The number of likely N-dealkylation sites (N-methyl/N-ethyl adjacent to an activating group) is 1. The Hall–Kier alpha value is -0.710. The highest BCUT2D eigenvalue weighted by molar-refractivity contribution is 5.86. The number of amides is 1. The molecule has 1 aliphatic rings. The van der Waals surface area contributed by atoms with Crippen molar-refractivity contribution in [1.82, 2.24) is 4.90 Å². The molecule has 1 fully saturated rings. The normalized spacial score (nSPS) is 30.5. The summed E-state index contributed by atoms with van der Waals surface area (Å²) in [6.45, 7) is 1.51. The summed E-state index contributed by atoms with van der Waals surface area (Å²) in [6, 6.07) is 0. The molecule has 0 aromatic carbocycles. The number of carbonyl (C=O) groups excluding carboxylic acids is 1. The summed E-state index contributed by atoms with van der Waals surface area (Å²) < 4.78 is 24.4. The number of halogens is 2. The first-order valence-electron chi connectivity index (χ1n) is 5.68. The van der Waals surface area contributed by atoms with Crippen LogP contribution in [0.5, 0.6) is 0 Å². The Kier molecular flexibility index (Phi) is 4.24. The zero-order valence-corrected chi connectivity index (χ0v) is 9.88. The molecule has 0 spiro atoms. The molecule has 16 heavy (non-hydrogen) atoms. The van der Waals surface area contributed by atoms with Gasteiger partial charge in [-0.05, 0) is 18.8 Å². The number of hydrogen-bond donors (Lipinski definition) is 1. The van der Waals surface area contributed by atoms with Crippen LogP contribution in [-0.2, 0) is 4.79 Å². The Morgan fingerprint density at radius 2 is 2.25 bits per heavy atom. The second-order valence-corrected chi connectivity index (χ2v) is 4.93. The van der Waals surface area contributed by atoms with E-state index in [2.05, 4.69) is 0 Å². The van der Waals surface area contributed by atoms with Crippen molar-refractivity contribution in [2.45, 2.75) is 44.6 Å². The van der Waals surface area contributed by atoms with Gasteiger partial charge < -0.3 is 10.6 Å². The lowest BCUT2D eigenvalue weighted by atomic mass is 9.76. The van der Waals surface area contributed by atoms with Gasteiger partial charge in [0, 0.05) is 7.05 Å². The van der Waals surface area contributed by atoms with Gasteiger partial charge in [-0.3, -0.25) is 4.79 Å². The Bertz CT molecular complexity index is 260. The Balaban J connectivity index is 2.63. The van der Waals surface area contributed by atoms with Gasteiger partial charge in [0.1, 0.15) is 0 Å². The van der Waals surface area contributed by atoms with E-state index >= 15 is 0 Å². The molecule has 1 saturated carbocycles. The second-order valence-electron chi connectivity index (χ2n) is 4.93. The maximum absolute atomic E-state index is 12.2. The van der Waals surface area contributed by atoms with Gasteiger partial charge in [0.2, 0.25) is 5.91 Å². The number of rotatable bonds is 3. The van der Waals surface area contributed by atoms with Crippen molar-refractivity contribution < 1.29 is 13.6 Å². The first-order chi connectivity index (χ1) is 7.35. The van der Waals surface area contributed by atoms with Crippen molar-refractivity contribution in [2.75, 3.05) is 13.6 Å². The first-order valence-corrected chi connectivity index (χ1v) is 5.68. The largest absolute Gasteiger partial charge is 0.338 e. The maximum atomic E-state index is 12.2. The summed E-state index contributed by atoms with van der Waals surface area (Å²) in [6.07, 6.45) is 0.651. The highest BCUT2D eigenvalue weighted by atomic mass is 19.3. The monoisotopic (exact) mass is 234 g/mol. The molecule has 1 aliphatic carbocycles. The Labute approximate surface area is 95.0 Å². The molecule has 2 unspecified atom stereocenters. The van der Waals surface area contributed by atoms with Crippen LogP contribution in [-0.4, -0.2) is 36.4 Å².